The summed E-state index contributed by atoms with van der Waals surface area (Å²) in [6.45, 7) is 4.53. The van der Waals surface area contributed by atoms with Gasteiger partial charge in [0.05, 0.1) is 0 Å². The number of rotatable bonds is 4. The smallest absolute Gasteiger partial charge is 0.124 e. The minimum atomic E-state index is -0.0416. The molecule has 0 saturated carbocycles. The van der Waals surface area contributed by atoms with Crippen molar-refractivity contribution >= 4 is 11.6 Å². The molecule has 0 aliphatic heterocycles. The third-order valence-corrected chi connectivity index (χ3v) is 3.22. The molecule has 0 saturated heterocycles. The van der Waals surface area contributed by atoms with Crippen LogP contribution >= 0.6 is 11.6 Å². The molecule has 0 aliphatic rings. The standard InChI is InChI=1S/C16H18ClNO/c1-11-3-8-16(15(9-11)12(2)18)19-10-13-4-6-14(17)7-5-13/h3-9,12H,10,18H2,1-2H3/t12-/m0/s1. The zero-order valence-electron chi connectivity index (χ0n) is 11.2. The van der Waals surface area contributed by atoms with E-state index in [-0.39, 0.29) is 6.04 Å². The summed E-state index contributed by atoms with van der Waals surface area (Å²) in [4.78, 5) is 0. The van der Waals surface area contributed by atoms with Gasteiger partial charge in [0.1, 0.15) is 12.4 Å². The van der Waals surface area contributed by atoms with Crippen LogP contribution in [0.3, 0.4) is 0 Å². The van der Waals surface area contributed by atoms with Gasteiger partial charge in [-0.15, -0.1) is 0 Å². The molecule has 0 heterocycles. The Balaban J connectivity index is 2.13. The number of halogens is 1. The molecule has 19 heavy (non-hydrogen) atoms. The van der Waals surface area contributed by atoms with Gasteiger partial charge in [0, 0.05) is 16.6 Å². The molecule has 0 fully saturated rings. The number of hydrogen-bond donors (Lipinski definition) is 1. The molecular formula is C16H18ClNO. The molecule has 1 atom stereocenters. The van der Waals surface area contributed by atoms with Crippen molar-refractivity contribution < 1.29 is 4.74 Å². The molecule has 100 valence electrons. The highest BCUT2D eigenvalue weighted by Gasteiger charge is 2.08. The fourth-order valence-electron chi connectivity index (χ4n) is 1.90. The van der Waals surface area contributed by atoms with E-state index >= 15 is 0 Å². The molecule has 2 rings (SSSR count). The summed E-state index contributed by atoms with van der Waals surface area (Å²) in [7, 11) is 0. The van der Waals surface area contributed by atoms with Gasteiger partial charge in [-0.2, -0.15) is 0 Å². The van der Waals surface area contributed by atoms with E-state index in [0.717, 1.165) is 21.9 Å². The summed E-state index contributed by atoms with van der Waals surface area (Å²) >= 11 is 5.86. The molecule has 2 aromatic carbocycles. The lowest BCUT2D eigenvalue weighted by Crippen LogP contribution is -2.08. The lowest BCUT2D eigenvalue weighted by molar-refractivity contribution is 0.301. The van der Waals surface area contributed by atoms with E-state index in [2.05, 4.69) is 13.0 Å². The zero-order chi connectivity index (χ0) is 13.8. The second-order valence-electron chi connectivity index (χ2n) is 4.75. The molecule has 2 aromatic rings. The molecule has 0 unspecified atom stereocenters. The first-order chi connectivity index (χ1) is 9.06. The van der Waals surface area contributed by atoms with Crippen LogP contribution in [0.1, 0.15) is 29.7 Å². The Labute approximate surface area is 119 Å². The van der Waals surface area contributed by atoms with Gasteiger partial charge in [-0.1, -0.05) is 41.4 Å². The van der Waals surface area contributed by atoms with Gasteiger partial charge in [-0.05, 0) is 37.6 Å². The van der Waals surface area contributed by atoms with Gasteiger partial charge < -0.3 is 10.5 Å². The van der Waals surface area contributed by atoms with Gasteiger partial charge in [-0.25, -0.2) is 0 Å². The highest BCUT2D eigenvalue weighted by Crippen LogP contribution is 2.26. The maximum atomic E-state index is 5.97. The normalized spacial score (nSPS) is 12.2. The van der Waals surface area contributed by atoms with Crippen molar-refractivity contribution in [1.29, 1.82) is 0 Å². The molecule has 3 heteroatoms. The van der Waals surface area contributed by atoms with Crippen molar-refractivity contribution in [3.63, 3.8) is 0 Å². The van der Waals surface area contributed by atoms with E-state index in [1.54, 1.807) is 0 Å². The second kappa shape index (κ2) is 6.09. The Morgan fingerprint density at radius 2 is 1.84 bits per heavy atom. The maximum Gasteiger partial charge on any atom is 0.124 e. The number of hydrogen-bond acceptors (Lipinski definition) is 2. The SMILES string of the molecule is Cc1ccc(OCc2ccc(Cl)cc2)c([C@H](C)N)c1. The number of ether oxygens (including phenoxy) is 1. The number of aryl methyl sites for hydroxylation is 1. The van der Waals surface area contributed by atoms with Crippen molar-refractivity contribution in [2.24, 2.45) is 5.73 Å². The summed E-state index contributed by atoms with van der Waals surface area (Å²) in [5.74, 6) is 0.843. The topological polar surface area (TPSA) is 35.2 Å². The molecule has 0 amide bonds. The third-order valence-electron chi connectivity index (χ3n) is 2.96. The summed E-state index contributed by atoms with van der Waals surface area (Å²) in [6, 6.07) is 13.7. The molecule has 0 radical (unpaired) electrons. The summed E-state index contributed by atoms with van der Waals surface area (Å²) < 4.78 is 5.86. The van der Waals surface area contributed by atoms with Crippen LogP contribution in [0.4, 0.5) is 0 Å². The number of nitrogens with two attached hydrogens (primary N) is 1. The van der Waals surface area contributed by atoms with E-state index in [9.17, 15) is 0 Å². The van der Waals surface area contributed by atoms with Gasteiger partial charge in [0.2, 0.25) is 0 Å². The average Bonchev–Trinajstić information content (AvgIpc) is 2.39. The third kappa shape index (κ3) is 3.72. The summed E-state index contributed by atoms with van der Waals surface area (Å²) in [6.07, 6.45) is 0. The van der Waals surface area contributed by atoms with Crippen LogP contribution in [0.2, 0.25) is 5.02 Å². The molecule has 0 aliphatic carbocycles. The first-order valence-electron chi connectivity index (χ1n) is 6.29. The van der Waals surface area contributed by atoms with Crippen LogP contribution in [0.25, 0.3) is 0 Å². The van der Waals surface area contributed by atoms with Crippen LogP contribution in [-0.4, -0.2) is 0 Å². The largest absolute Gasteiger partial charge is 0.489 e. The molecule has 0 aromatic heterocycles. The Hall–Kier alpha value is -1.51. The predicted molar refractivity (Wildman–Crippen MR) is 79.6 cm³/mol. The van der Waals surface area contributed by atoms with Crippen LogP contribution in [0, 0.1) is 6.92 Å². The van der Waals surface area contributed by atoms with Gasteiger partial charge in [0.15, 0.2) is 0 Å². The molecule has 0 spiro atoms. The van der Waals surface area contributed by atoms with Gasteiger partial charge in [-0.3, -0.25) is 0 Å². The quantitative estimate of drug-likeness (QED) is 0.905. The highest BCUT2D eigenvalue weighted by atomic mass is 35.5. The van der Waals surface area contributed by atoms with Crippen LogP contribution < -0.4 is 10.5 Å². The Morgan fingerprint density at radius 3 is 2.47 bits per heavy atom. The molecule has 0 bridgehead atoms. The van der Waals surface area contributed by atoms with Crippen LogP contribution in [0.15, 0.2) is 42.5 Å². The second-order valence-corrected chi connectivity index (χ2v) is 5.18. The first-order valence-corrected chi connectivity index (χ1v) is 6.67. The van der Waals surface area contributed by atoms with Crippen molar-refractivity contribution in [3.8, 4) is 5.75 Å². The van der Waals surface area contributed by atoms with E-state index < -0.39 is 0 Å². The molecular weight excluding hydrogens is 258 g/mol. The van der Waals surface area contributed by atoms with Crippen LogP contribution in [0.5, 0.6) is 5.75 Å². The van der Waals surface area contributed by atoms with Gasteiger partial charge >= 0.3 is 0 Å². The van der Waals surface area contributed by atoms with Crippen molar-refractivity contribution in [3.05, 3.63) is 64.2 Å². The fourth-order valence-corrected chi connectivity index (χ4v) is 2.02. The Kier molecular flexibility index (Phi) is 4.46. The first kappa shape index (κ1) is 13.9. The van der Waals surface area contributed by atoms with E-state index in [4.69, 9.17) is 22.1 Å². The minimum absolute atomic E-state index is 0.0416. The lowest BCUT2D eigenvalue weighted by Gasteiger charge is -2.15. The van der Waals surface area contributed by atoms with Crippen molar-refractivity contribution in [1.82, 2.24) is 0 Å². The fraction of sp³-hybridized carbons (Fsp3) is 0.250. The monoisotopic (exact) mass is 275 g/mol. The summed E-state index contributed by atoms with van der Waals surface area (Å²) in [5.41, 5.74) is 9.28. The van der Waals surface area contributed by atoms with Gasteiger partial charge in [0.25, 0.3) is 0 Å². The van der Waals surface area contributed by atoms with E-state index in [1.807, 2.05) is 43.3 Å². The van der Waals surface area contributed by atoms with Crippen LogP contribution in [-0.2, 0) is 6.61 Å². The summed E-state index contributed by atoms with van der Waals surface area (Å²) in [5, 5.41) is 0.732. The number of benzene rings is 2. The molecule has 2 N–H and O–H groups in total. The maximum absolute atomic E-state index is 5.97. The van der Waals surface area contributed by atoms with Crippen molar-refractivity contribution in [2.75, 3.05) is 0 Å². The Morgan fingerprint density at radius 1 is 1.16 bits per heavy atom. The van der Waals surface area contributed by atoms with E-state index in [0.29, 0.717) is 6.61 Å². The van der Waals surface area contributed by atoms with E-state index in [1.165, 1.54) is 5.56 Å². The zero-order valence-corrected chi connectivity index (χ0v) is 11.9. The highest BCUT2D eigenvalue weighted by molar-refractivity contribution is 6.30. The minimum Gasteiger partial charge on any atom is -0.489 e. The average molecular weight is 276 g/mol. The predicted octanol–water partition coefficient (Wildman–Crippen LogP) is 4.25. The van der Waals surface area contributed by atoms with Crippen molar-refractivity contribution in [2.45, 2.75) is 26.5 Å². The lowest BCUT2D eigenvalue weighted by atomic mass is 10.1. The Bertz CT molecular complexity index is 549. The molecule has 2 nitrogen and oxygen atoms in total.